The van der Waals surface area contributed by atoms with Crippen molar-refractivity contribution in [3.8, 4) is 16.6 Å². The zero-order chi connectivity index (χ0) is 9.97. The van der Waals surface area contributed by atoms with Gasteiger partial charge >= 0.3 is 0 Å². The lowest BCUT2D eigenvalue weighted by Gasteiger charge is -1.91. The molecule has 2 rings (SSSR count). The van der Waals surface area contributed by atoms with Crippen molar-refractivity contribution in [1.82, 2.24) is 9.78 Å². The van der Waals surface area contributed by atoms with Crippen LogP contribution in [0, 0.1) is 11.3 Å². The lowest BCUT2D eigenvalue weighted by atomic mass is 10.2. The molecule has 2 aromatic rings. The van der Waals surface area contributed by atoms with Gasteiger partial charge < -0.3 is 0 Å². The van der Waals surface area contributed by atoms with Gasteiger partial charge in [0.2, 0.25) is 0 Å². The largest absolute Gasteiger partial charge is 0.271 e. The summed E-state index contributed by atoms with van der Waals surface area (Å²) in [5, 5.41) is 15.3. The van der Waals surface area contributed by atoms with E-state index in [9.17, 15) is 0 Å². The van der Waals surface area contributed by atoms with Gasteiger partial charge in [-0.1, -0.05) is 6.07 Å². The fraction of sp³-hybridized carbons (Fsp3) is 0.200. The number of nitriles is 1. The predicted molar refractivity (Wildman–Crippen MR) is 55.9 cm³/mol. The molecule has 0 radical (unpaired) electrons. The van der Waals surface area contributed by atoms with E-state index in [0.29, 0.717) is 5.56 Å². The van der Waals surface area contributed by atoms with Gasteiger partial charge in [-0.15, -0.1) is 11.3 Å². The molecule has 70 valence electrons. The quantitative estimate of drug-likeness (QED) is 0.752. The summed E-state index contributed by atoms with van der Waals surface area (Å²) in [5.74, 6) is 0. The molecule has 3 nitrogen and oxygen atoms in total. The maximum absolute atomic E-state index is 8.93. The minimum atomic E-state index is 0.648. The van der Waals surface area contributed by atoms with Crippen LogP contribution in [-0.4, -0.2) is 9.78 Å². The molecule has 0 aliphatic heterocycles. The molecule has 0 atom stereocenters. The molecule has 0 aromatic carbocycles. The highest BCUT2D eigenvalue weighted by atomic mass is 32.1. The Kier molecular flexibility index (Phi) is 2.33. The molecule has 0 amide bonds. The topological polar surface area (TPSA) is 41.6 Å². The average molecular weight is 203 g/mol. The maximum atomic E-state index is 8.93. The lowest BCUT2D eigenvalue weighted by Crippen LogP contribution is -1.93. The highest BCUT2D eigenvalue weighted by Gasteiger charge is 2.10. The second-order valence-electron chi connectivity index (χ2n) is 2.84. The Hall–Kier alpha value is -1.60. The van der Waals surface area contributed by atoms with Crippen molar-refractivity contribution in [3.05, 3.63) is 29.3 Å². The Morgan fingerprint density at radius 1 is 1.64 bits per heavy atom. The summed E-state index contributed by atoms with van der Waals surface area (Å²) in [6.07, 6.45) is 1.79. The van der Waals surface area contributed by atoms with Crippen molar-refractivity contribution >= 4 is 11.3 Å². The minimum absolute atomic E-state index is 0.648. The number of rotatable bonds is 2. The first-order chi connectivity index (χ1) is 6.85. The van der Waals surface area contributed by atoms with Crippen LogP contribution in [0.2, 0.25) is 0 Å². The normalized spacial score (nSPS) is 10.0. The first-order valence-corrected chi connectivity index (χ1v) is 5.24. The fourth-order valence-electron chi connectivity index (χ4n) is 1.26. The number of aromatic nitrogens is 2. The van der Waals surface area contributed by atoms with Crippen molar-refractivity contribution < 1.29 is 0 Å². The molecule has 2 aromatic heterocycles. The minimum Gasteiger partial charge on any atom is -0.271 e. The third-order valence-electron chi connectivity index (χ3n) is 1.96. The summed E-state index contributed by atoms with van der Waals surface area (Å²) in [5.41, 5.74) is 1.44. The molecule has 0 fully saturated rings. The SMILES string of the molecule is CCn1cc(C#N)c(-c2cccs2)n1. The van der Waals surface area contributed by atoms with E-state index in [0.717, 1.165) is 17.1 Å². The van der Waals surface area contributed by atoms with Gasteiger partial charge in [0.05, 0.1) is 10.4 Å². The number of nitrogens with zero attached hydrogens (tertiary/aromatic N) is 3. The van der Waals surface area contributed by atoms with Crippen LogP contribution in [0.25, 0.3) is 10.6 Å². The van der Waals surface area contributed by atoms with Gasteiger partial charge in [-0.25, -0.2) is 0 Å². The van der Waals surface area contributed by atoms with Crippen LogP contribution >= 0.6 is 11.3 Å². The van der Waals surface area contributed by atoms with E-state index in [1.165, 1.54) is 0 Å². The highest BCUT2D eigenvalue weighted by molar-refractivity contribution is 7.13. The maximum Gasteiger partial charge on any atom is 0.120 e. The number of hydrogen-bond acceptors (Lipinski definition) is 3. The lowest BCUT2D eigenvalue weighted by molar-refractivity contribution is 0.662. The van der Waals surface area contributed by atoms with Crippen LogP contribution in [0.3, 0.4) is 0 Å². The van der Waals surface area contributed by atoms with Crippen molar-refractivity contribution in [3.63, 3.8) is 0 Å². The van der Waals surface area contributed by atoms with E-state index in [4.69, 9.17) is 5.26 Å². The molecule has 0 unspecified atom stereocenters. The van der Waals surface area contributed by atoms with Gasteiger partial charge in [-0.05, 0) is 18.4 Å². The van der Waals surface area contributed by atoms with Gasteiger partial charge in [0, 0.05) is 12.7 Å². The molecule has 0 saturated heterocycles. The second kappa shape index (κ2) is 3.64. The Bertz CT molecular complexity index is 462. The Morgan fingerprint density at radius 2 is 2.50 bits per heavy atom. The van der Waals surface area contributed by atoms with Crippen LogP contribution in [0.4, 0.5) is 0 Å². The Balaban J connectivity index is 2.53. The van der Waals surface area contributed by atoms with E-state index in [-0.39, 0.29) is 0 Å². The Labute approximate surface area is 86.2 Å². The molecule has 0 saturated carbocycles. The van der Waals surface area contributed by atoms with E-state index < -0.39 is 0 Å². The van der Waals surface area contributed by atoms with Gasteiger partial charge in [-0.3, -0.25) is 4.68 Å². The monoisotopic (exact) mass is 203 g/mol. The standard InChI is InChI=1S/C10H9N3S/c1-2-13-7-8(6-11)10(12-13)9-4-3-5-14-9/h3-5,7H,2H2,1H3. The Morgan fingerprint density at radius 3 is 3.07 bits per heavy atom. The van der Waals surface area contributed by atoms with Gasteiger partial charge in [0.15, 0.2) is 0 Å². The number of thiophene rings is 1. The van der Waals surface area contributed by atoms with Gasteiger partial charge in [-0.2, -0.15) is 10.4 Å². The summed E-state index contributed by atoms with van der Waals surface area (Å²) in [7, 11) is 0. The van der Waals surface area contributed by atoms with Crippen LogP contribution in [-0.2, 0) is 6.54 Å². The van der Waals surface area contributed by atoms with Gasteiger partial charge in [0.1, 0.15) is 11.8 Å². The molecule has 0 N–H and O–H groups in total. The molecular formula is C10H9N3S. The fourth-order valence-corrected chi connectivity index (χ4v) is 1.98. The summed E-state index contributed by atoms with van der Waals surface area (Å²) in [6.45, 7) is 2.80. The van der Waals surface area contributed by atoms with Crippen molar-refractivity contribution in [2.75, 3.05) is 0 Å². The van der Waals surface area contributed by atoms with Crippen LogP contribution in [0.15, 0.2) is 23.7 Å². The van der Waals surface area contributed by atoms with E-state index in [2.05, 4.69) is 11.2 Å². The molecule has 0 spiro atoms. The van der Waals surface area contributed by atoms with Crippen molar-refractivity contribution in [1.29, 1.82) is 5.26 Å². The van der Waals surface area contributed by atoms with Crippen LogP contribution in [0.5, 0.6) is 0 Å². The molecular weight excluding hydrogens is 194 g/mol. The van der Waals surface area contributed by atoms with Crippen molar-refractivity contribution in [2.24, 2.45) is 0 Å². The zero-order valence-corrected chi connectivity index (χ0v) is 8.58. The summed E-state index contributed by atoms with van der Waals surface area (Å²) in [6, 6.07) is 6.11. The molecule has 0 bridgehead atoms. The molecule has 2 heterocycles. The summed E-state index contributed by atoms with van der Waals surface area (Å²) < 4.78 is 1.79. The second-order valence-corrected chi connectivity index (χ2v) is 3.78. The molecule has 0 aliphatic carbocycles. The predicted octanol–water partition coefficient (Wildman–Crippen LogP) is 2.50. The molecule has 4 heteroatoms. The van der Waals surface area contributed by atoms with Crippen LogP contribution in [0.1, 0.15) is 12.5 Å². The van der Waals surface area contributed by atoms with E-state index >= 15 is 0 Å². The third kappa shape index (κ3) is 1.42. The summed E-state index contributed by atoms with van der Waals surface area (Å²) in [4.78, 5) is 1.05. The highest BCUT2D eigenvalue weighted by Crippen LogP contribution is 2.25. The van der Waals surface area contributed by atoms with Crippen molar-refractivity contribution in [2.45, 2.75) is 13.5 Å². The van der Waals surface area contributed by atoms with Crippen LogP contribution < -0.4 is 0 Å². The first kappa shape index (κ1) is 8.97. The van der Waals surface area contributed by atoms with E-state index in [1.807, 2.05) is 24.4 Å². The van der Waals surface area contributed by atoms with E-state index in [1.54, 1.807) is 22.2 Å². The first-order valence-electron chi connectivity index (χ1n) is 4.36. The zero-order valence-electron chi connectivity index (χ0n) is 7.77. The average Bonchev–Trinajstić information content (AvgIpc) is 2.85. The smallest absolute Gasteiger partial charge is 0.120 e. The molecule has 0 aliphatic rings. The molecule has 14 heavy (non-hydrogen) atoms. The third-order valence-corrected chi connectivity index (χ3v) is 2.84. The number of hydrogen-bond donors (Lipinski definition) is 0. The number of aryl methyl sites for hydroxylation is 1. The summed E-state index contributed by atoms with van der Waals surface area (Å²) >= 11 is 1.60. The van der Waals surface area contributed by atoms with Gasteiger partial charge in [0.25, 0.3) is 0 Å².